The summed E-state index contributed by atoms with van der Waals surface area (Å²) in [6, 6.07) is 27.5. The van der Waals surface area contributed by atoms with Crippen molar-refractivity contribution in [1.29, 1.82) is 0 Å². The Hall–Kier alpha value is -4.18. The monoisotopic (exact) mass is 574 g/mol. The number of para-hydroxylation sites is 2. The standard InChI is InChI=1S/C30H23ClN2O6S/c1-19-23(31)16-10-17-24(19)32-29(34)26-27(33(38-28(26)30(32)35)20-11-4-2-5-12-20)22-15-8-9-18-25(22)39-40(36,37)21-13-6-3-7-14-21/h2-18,26-28H,1H3/t26-,27+,28+/m1/s1. The summed E-state index contributed by atoms with van der Waals surface area (Å²) in [4.78, 5) is 35.0. The van der Waals surface area contributed by atoms with Crippen LogP contribution < -0.4 is 14.1 Å². The molecule has 8 nitrogen and oxygen atoms in total. The molecule has 0 radical (unpaired) electrons. The van der Waals surface area contributed by atoms with Gasteiger partial charge in [-0.25, -0.2) is 9.96 Å². The second kappa shape index (κ2) is 10.1. The molecular formula is C30H23ClN2O6S. The van der Waals surface area contributed by atoms with Gasteiger partial charge in [0.2, 0.25) is 5.91 Å². The van der Waals surface area contributed by atoms with E-state index in [9.17, 15) is 18.0 Å². The lowest BCUT2D eigenvalue weighted by Gasteiger charge is -2.30. The molecule has 6 rings (SSSR count). The van der Waals surface area contributed by atoms with E-state index >= 15 is 0 Å². The molecule has 0 aromatic heterocycles. The van der Waals surface area contributed by atoms with E-state index in [2.05, 4.69) is 0 Å². The smallest absolute Gasteiger partial charge is 0.339 e. The highest BCUT2D eigenvalue weighted by Gasteiger charge is 2.61. The third kappa shape index (κ3) is 4.32. The molecule has 0 spiro atoms. The highest BCUT2D eigenvalue weighted by Crippen LogP contribution is 2.50. The van der Waals surface area contributed by atoms with E-state index in [0.29, 0.717) is 27.5 Å². The average molecular weight is 575 g/mol. The number of amides is 2. The summed E-state index contributed by atoms with van der Waals surface area (Å²) >= 11 is 6.31. The predicted molar refractivity (Wildman–Crippen MR) is 149 cm³/mol. The molecular weight excluding hydrogens is 552 g/mol. The van der Waals surface area contributed by atoms with Gasteiger partial charge in [-0.3, -0.25) is 14.4 Å². The van der Waals surface area contributed by atoms with E-state index in [1.54, 1.807) is 85.8 Å². The van der Waals surface area contributed by atoms with Crippen molar-refractivity contribution in [2.24, 2.45) is 5.92 Å². The number of hydrogen-bond donors (Lipinski definition) is 0. The number of carbonyl (C=O) groups is 2. The van der Waals surface area contributed by atoms with E-state index in [-0.39, 0.29) is 10.6 Å². The zero-order valence-electron chi connectivity index (χ0n) is 21.2. The molecule has 0 unspecified atom stereocenters. The Labute approximate surface area is 236 Å². The minimum absolute atomic E-state index is 0.0139. The lowest BCUT2D eigenvalue weighted by Crippen LogP contribution is -2.38. The number of hydroxylamine groups is 1. The van der Waals surface area contributed by atoms with Crippen LogP contribution in [0.2, 0.25) is 5.02 Å². The molecule has 0 saturated carbocycles. The van der Waals surface area contributed by atoms with Crippen LogP contribution in [0.4, 0.5) is 11.4 Å². The summed E-state index contributed by atoms with van der Waals surface area (Å²) in [5, 5.41) is 1.91. The number of carbonyl (C=O) groups excluding carboxylic acids is 2. The molecule has 202 valence electrons. The van der Waals surface area contributed by atoms with Crippen LogP contribution in [0.25, 0.3) is 0 Å². The van der Waals surface area contributed by atoms with Gasteiger partial charge in [0.1, 0.15) is 16.6 Å². The first kappa shape index (κ1) is 26.1. The Bertz CT molecular complexity index is 1710. The van der Waals surface area contributed by atoms with Gasteiger partial charge in [0.15, 0.2) is 6.10 Å². The van der Waals surface area contributed by atoms with Crippen molar-refractivity contribution in [3.63, 3.8) is 0 Å². The maximum absolute atomic E-state index is 14.0. The minimum Gasteiger partial charge on any atom is -0.379 e. The molecule has 0 bridgehead atoms. The average Bonchev–Trinajstić information content (AvgIpc) is 3.47. The first-order valence-electron chi connectivity index (χ1n) is 12.5. The summed E-state index contributed by atoms with van der Waals surface area (Å²) in [6.07, 6.45) is -1.14. The molecule has 2 heterocycles. The number of nitrogens with zero attached hydrogens (tertiary/aromatic N) is 2. The zero-order chi connectivity index (χ0) is 28.0. The van der Waals surface area contributed by atoms with Crippen LogP contribution in [0.15, 0.2) is 108 Å². The summed E-state index contributed by atoms with van der Waals surface area (Å²) in [7, 11) is -4.19. The fourth-order valence-corrected chi connectivity index (χ4v) is 6.30. The van der Waals surface area contributed by atoms with E-state index in [4.69, 9.17) is 20.6 Å². The maximum Gasteiger partial charge on any atom is 0.339 e. The third-order valence-corrected chi connectivity index (χ3v) is 8.73. The number of benzene rings is 4. The van der Waals surface area contributed by atoms with Gasteiger partial charge in [0, 0.05) is 10.6 Å². The van der Waals surface area contributed by atoms with Crippen LogP contribution in [-0.4, -0.2) is 26.3 Å². The molecule has 2 saturated heterocycles. The van der Waals surface area contributed by atoms with E-state index in [1.807, 2.05) is 6.07 Å². The number of imide groups is 1. The van der Waals surface area contributed by atoms with Crippen LogP contribution in [0.1, 0.15) is 17.2 Å². The van der Waals surface area contributed by atoms with Gasteiger partial charge >= 0.3 is 10.1 Å². The highest BCUT2D eigenvalue weighted by atomic mass is 35.5. The fourth-order valence-electron chi connectivity index (χ4n) is 5.16. The van der Waals surface area contributed by atoms with Gasteiger partial charge in [0.05, 0.1) is 17.4 Å². The molecule has 2 fully saturated rings. The topological polar surface area (TPSA) is 93.2 Å². The molecule has 0 N–H and O–H groups in total. The Morgan fingerprint density at radius 2 is 1.45 bits per heavy atom. The first-order valence-corrected chi connectivity index (χ1v) is 14.3. The van der Waals surface area contributed by atoms with Crippen molar-refractivity contribution in [3.05, 3.63) is 119 Å². The number of anilines is 2. The second-order valence-electron chi connectivity index (χ2n) is 9.44. The van der Waals surface area contributed by atoms with Gasteiger partial charge in [-0.15, -0.1) is 0 Å². The molecule has 2 aliphatic rings. The first-order chi connectivity index (χ1) is 19.3. The second-order valence-corrected chi connectivity index (χ2v) is 11.4. The van der Waals surface area contributed by atoms with Crippen LogP contribution in [-0.2, 0) is 24.5 Å². The van der Waals surface area contributed by atoms with Crippen molar-refractivity contribution in [1.82, 2.24) is 0 Å². The molecule has 2 aliphatic heterocycles. The molecule has 3 atom stereocenters. The molecule has 4 aromatic rings. The Kier molecular flexibility index (Phi) is 6.58. The zero-order valence-corrected chi connectivity index (χ0v) is 22.7. The Balaban J connectivity index is 1.46. The summed E-state index contributed by atoms with van der Waals surface area (Å²) in [6.45, 7) is 1.73. The molecule has 2 amide bonds. The van der Waals surface area contributed by atoms with Crippen LogP contribution in [0.5, 0.6) is 5.75 Å². The van der Waals surface area contributed by atoms with E-state index in [1.165, 1.54) is 23.3 Å². The van der Waals surface area contributed by atoms with Gasteiger partial charge < -0.3 is 4.18 Å². The number of rotatable bonds is 6. The van der Waals surface area contributed by atoms with Crippen LogP contribution >= 0.6 is 11.6 Å². The lowest BCUT2D eigenvalue weighted by molar-refractivity contribution is -0.126. The predicted octanol–water partition coefficient (Wildman–Crippen LogP) is 5.47. The van der Waals surface area contributed by atoms with E-state index < -0.39 is 40.0 Å². The lowest BCUT2D eigenvalue weighted by atomic mass is 9.90. The highest BCUT2D eigenvalue weighted by molar-refractivity contribution is 7.87. The van der Waals surface area contributed by atoms with Crippen molar-refractivity contribution in [2.75, 3.05) is 9.96 Å². The fraction of sp³-hybridized carbons (Fsp3) is 0.133. The number of hydrogen-bond acceptors (Lipinski definition) is 7. The van der Waals surface area contributed by atoms with Gasteiger partial charge in [-0.1, -0.05) is 72.3 Å². The summed E-state index contributed by atoms with van der Waals surface area (Å²) < 4.78 is 32.0. The number of fused-ring (bicyclic) bond motifs is 1. The Morgan fingerprint density at radius 1 is 0.800 bits per heavy atom. The van der Waals surface area contributed by atoms with E-state index in [0.717, 1.165) is 4.90 Å². The van der Waals surface area contributed by atoms with Gasteiger partial charge in [0.25, 0.3) is 5.91 Å². The van der Waals surface area contributed by atoms with Crippen molar-refractivity contribution >= 4 is 44.9 Å². The van der Waals surface area contributed by atoms with Crippen LogP contribution in [0.3, 0.4) is 0 Å². The third-order valence-electron chi connectivity index (χ3n) is 7.08. The van der Waals surface area contributed by atoms with Crippen molar-refractivity contribution in [2.45, 2.75) is 24.0 Å². The largest absolute Gasteiger partial charge is 0.379 e. The number of halogens is 1. The molecule has 0 aliphatic carbocycles. The normalized spacial score (nSPS) is 20.6. The van der Waals surface area contributed by atoms with Crippen molar-refractivity contribution in [3.8, 4) is 5.75 Å². The van der Waals surface area contributed by atoms with Gasteiger partial charge in [-0.05, 0) is 55.0 Å². The quantitative estimate of drug-likeness (QED) is 0.223. The maximum atomic E-state index is 14.0. The molecule has 40 heavy (non-hydrogen) atoms. The minimum atomic E-state index is -4.19. The van der Waals surface area contributed by atoms with Crippen molar-refractivity contribution < 1.29 is 27.0 Å². The van der Waals surface area contributed by atoms with Gasteiger partial charge in [-0.2, -0.15) is 8.42 Å². The summed E-state index contributed by atoms with van der Waals surface area (Å²) in [5.41, 5.74) is 1.93. The Morgan fingerprint density at radius 3 is 2.17 bits per heavy atom. The summed E-state index contributed by atoms with van der Waals surface area (Å²) in [5.74, 6) is -1.97. The SMILES string of the molecule is Cc1c(Cl)cccc1N1C(=O)[C@H]2[C@H](ON(c3ccccc3)[C@H]2c2ccccc2OS(=O)(=O)c2ccccc2)C1=O. The molecule has 4 aromatic carbocycles. The molecule has 10 heteroatoms. The van der Waals surface area contributed by atoms with Crippen LogP contribution in [0, 0.1) is 12.8 Å².